The molecule has 1 aliphatic rings. The quantitative estimate of drug-likeness (QED) is 0.865. The van der Waals surface area contributed by atoms with Crippen LogP contribution in [0.5, 0.6) is 0 Å². The summed E-state index contributed by atoms with van der Waals surface area (Å²) in [4.78, 5) is 14.0. The molecule has 1 unspecified atom stereocenters. The van der Waals surface area contributed by atoms with Crippen LogP contribution in [0.25, 0.3) is 0 Å². The molecule has 1 aliphatic heterocycles. The minimum atomic E-state index is -0.537. The summed E-state index contributed by atoms with van der Waals surface area (Å²) in [7, 11) is 0. The molecule has 116 valence electrons. The summed E-state index contributed by atoms with van der Waals surface area (Å²) in [5, 5.41) is 3.25. The summed E-state index contributed by atoms with van der Waals surface area (Å²) in [5.41, 5.74) is 1.11. The number of piperazine rings is 1. The van der Waals surface area contributed by atoms with Crippen LogP contribution in [0.1, 0.15) is 37.9 Å². The number of carbonyl (C=O) groups is 1. The summed E-state index contributed by atoms with van der Waals surface area (Å²) >= 11 is 0. The van der Waals surface area contributed by atoms with Gasteiger partial charge in [-0.05, 0) is 51.0 Å². The SMILES string of the molecule is Cc1cc(F)cc(C2CNCCN2C(=O)OC(C)(C)C)c1. The molecule has 1 aromatic rings. The first kappa shape index (κ1) is 15.8. The van der Waals surface area contributed by atoms with Gasteiger partial charge in [0.1, 0.15) is 11.4 Å². The second-order valence-corrected chi connectivity index (χ2v) is 6.46. The number of carbonyl (C=O) groups excluding carboxylic acids is 1. The van der Waals surface area contributed by atoms with E-state index in [1.165, 1.54) is 12.1 Å². The number of nitrogens with one attached hydrogen (secondary N) is 1. The van der Waals surface area contributed by atoms with E-state index in [9.17, 15) is 9.18 Å². The van der Waals surface area contributed by atoms with E-state index in [1.807, 2.05) is 33.8 Å². The number of hydrogen-bond acceptors (Lipinski definition) is 3. The van der Waals surface area contributed by atoms with E-state index in [4.69, 9.17) is 4.74 Å². The average molecular weight is 294 g/mol. The zero-order chi connectivity index (χ0) is 15.6. The van der Waals surface area contributed by atoms with Gasteiger partial charge in [0.15, 0.2) is 0 Å². The van der Waals surface area contributed by atoms with Crippen LogP contribution < -0.4 is 5.32 Å². The van der Waals surface area contributed by atoms with Crippen LogP contribution >= 0.6 is 0 Å². The van der Waals surface area contributed by atoms with Gasteiger partial charge in [-0.2, -0.15) is 0 Å². The molecule has 21 heavy (non-hydrogen) atoms. The molecule has 1 atom stereocenters. The minimum Gasteiger partial charge on any atom is -0.444 e. The lowest BCUT2D eigenvalue weighted by molar-refractivity contribution is 0.0117. The van der Waals surface area contributed by atoms with Crippen molar-refractivity contribution in [3.05, 3.63) is 35.1 Å². The van der Waals surface area contributed by atoms with Crippen molar-refractivity contribution in [2.24, 2.45) is 0 Å². The number of aryl methyl sites for hydroxylation is 1. The van der Waals surface area contributed by atoms with Crippen molar-refractivity contribution in [2.75, 3.05) is 19.6 Å². The maximum atomic E-state index is 13.6. The monoisotopic (exact) mass is 294 g/mol. The highest BCUT2D eigenvalue weighted by Crippen LogP contribution is 2.26. The smallest absolute Gasteiger partial charge is 0.410 e. The Balaban J connectivity index is 2.24. The van der Waals surface area contributed by atoms with Crippen molar-refractivity contribution in [2.45, 2.75) is 39.3 Å². The molecule has 1 aromatic carbocycles. The van der Waals surface area contributed by atoms with Crippen LogP contribution in [-0.2, 0) is 4.74 Å². The maximum absolute atomic E-state index is 13.6. The highest BCUT2D eigenvalue weighted by molar-refractivity contribution is 5.69. The zero-order valence-corrected chi connectivity index (χ0v) is 13.1. The van der Waals surface area contributed by atoms with Crippen molar-refractivity contribution >= 4 is 6.09 Å². The number of hydrogen-bond donors (Lipinski definition) is 1. The van der Waals surface area contributed by atoms with Gasteiger partial charge in [0.25, 0.3) is 0 Å². The Bertz CT molecular complexity index is 505. The van der Waals surface area contributed by atoms with Gasteiger partial charge in [0.2, 0.25) is 0 Å². The van der Waals surface area contributed by atoms with E-state index in [0.717, 1.165) is 11.1 Å². The molecule has 0 aromatic heterocycles. The summed E-state index contributed by atoms with van der Waals surface area (Å²) in [5.74, 6) is -0.278. The molecule has 1 amide bonds. The molecular weight excluding hydrogens is 271 g/mol. The number of rotatable bonds is 1. The van der Waals surface area contributed by atoms with Gasteiger partial charge < -0.3 is 10.1 Å². The molecule has 0 bridgehead atoms. The normalized spacial score (nSPS) is 19.5. The zero-order valence-electron chi connectivity index (χ0n) is 13.1. The largest absolute Gasteiger partial charge is 0.444 e. The van der Waals surface area contributed by atoms with E-state index in [1.54, 1.807) is 4.90 Å². The Morgan fingerprint density at radius 2 is 2.10 bits per heavy atom. The Kier molecular flexibility index (Phi) is 4.52. The topological polar surface area (TPSA) is 41.6 Å². The number of halogens is 1. The lowest BCUT2D eigenvalue weighted by Crippen LogP contribution is -2.50. The Hall–Kier alpha value is -1.62. The van der Waals surface area contributed by atoms with E-state index in [0.29, 0.717) is 19.6 Å². The Morgan fingerprint density at radius 3 is 2.71 bits per heavy atom. The predicted molar refractivity (Wildman–Crippen MR) is 79.7 cm³/mol. The van der Waals surface area contributed by atoms with Crippen molar-refractivity contribution in [1.29, 1.82) is 0 Å². The van der Waals surface area contributed by atoms with Gasteiger partial charge in [-0.25, -0.2) is 9.18 Å². The van der Waals surface area contributed by atoms with Crippen molar-refractivity contribution in [1.82, 2.24) is 10.2 Å². The molecule has 0 aliphatic carbocycles. The molecule has 1 heterocycles. The third kappa shape index (κ3) is 4.17. The third-order valence-corrected chi connectivity index (χ3v) is 3.32. The molecular formula is C16H23FN2O2. The first-order valence-electron chi connectivity index (χ1n) is 7.24. The fourth-order valence-electron chi connectivity index (χ4n) is 2.50. The lowest BCUT2D eigenvalue weighted by atomic mass is 10.0. The molecule has 0 radical (unpaired) electrons. The van der Waals surface area contributed by atoms with Crippen molar-refractivity contribution in [3.63, 3.8) is 0 Å². The van der Waals surface area contributed by atoms with Crippen LogP contribution in [0.2, 0.25) is 0 Å². The van der Waals surface area contributed by atoms with Crippen LogP contribution in [0.3, 0.4) is 0 Å². The molecule has 0 saturated carbocycles. The summed E-state index contributed by atoms with van der Waals surface area (Å²) < 4.78 is 19.1. The number of amides is 1. The van der Waals surface area contributed by atoms with Crippen LogP contribution in [0.15, 0.2) is 18.2 Å². The van der Waals surface area contributed by atoms with Crippen LogP contribution in [0.4, 0.5) is 9.18 Å². The second kappa shape index (κ2) is 6.02. The summed E-state index contributed by atoms with van der Waals surface area (Å²) in [6.07, 6.45) is -0.351. The molecule has 5 heteroatoms. The van der Waals surface area contributed by atoms with E-state index >= 15 is 0 Å². The van der Waals surface area contributed by atoms with Crippen LogP contribution in [-0.4, -0.2) is 36.2 Å². The van der Waals surface area contributed by atoms with E-state index < -0.39 is 5.60 Å². The van der Waals surface area contributed by atoms with Gasteiger partial charge in [0, 0.05) is 19.6 Å². The van der Waals surface area contributed by atoms with Crippen molar-refractivity contribution < 1.29 is 13.9 Å². The summed E-state index contributed by atoms with van der Waals surface area (Å²) in [6.45, 7) is 9.24. The molecule has 0 spiro atoms. The molecule has 4 nitrogen and oxygen atoms in total. The summed E-state index contributed by atoms with van der Waals surface area (Å²) in [6, 6.07) is 4.68. The van der Waals surface area contributed by atoms with Gasteiger partial charge in [-0.1, -0.05) is 6.07 Å². The molecule has 1 N–H and O–H groups in total. The number of ether oxygens (including phenoxy) is 1. The first-order chi connectivity index (χ1) is 9.76. The maximum Gasteiger partial charge on any atom is 0.410 e. The van der Waals surface area contributed by atoms with Crippen LogP contribution in [0, 0.1) is 12.7 Å². The predicted octanol–water partition coefficient (Wildman–Crippen LogP) is 3.02. The lowest BCUT2D eigenvalue weighted by Gasteiger charge is -2.37. The standard InChI is InChI=1S/C16H23FN2O2/c1-11-7-12(9-13(17)8-11)14-10-18-5-6-19(14)15(20)21-16(2,3)4/h7-9,14,18H,5-6,10H2,1-4H3. The fourth-order valence-corrected chi connectivity index (χ4v) is 2.50. The van der Waals surface area contributed by atoms with E-state index in [2.05, 4.69) is 5.32 Å². The highest BCUT2D eigenvalue weighted by atomic mass is 19.1. The first-order valence-corrected chi connectivity index (χ1v) is 7.24. The van der Waals surface area contributed by atoms with Crippen molar-refractivity contribution in [3.8, 4) is 0 Å². The molecule has 1 fully saturated rings. The number of nitrogens with zero attached hydrogens (tertiary/aromatic N) is 1. The minimum absolute atomic E-state index is 0.206. The van der Waals surface area contributed by atoms with Gasteiger partial charge in [-0.3, -0.25) is 4.90 Å². The Labute approximate surface area is 125 Å². The average Bonchev–Trinajstić information content (AvgIpc) is 2.35. The number of benzene rings is 1. The van der Waals surface area contributed by atoms with E-state index in [-0.39, 0.29) is 18.0 Å². The second-order valence-electron chi connectivity index (χ2n) is 6.46. The third-order valence-electron chi connectivity index (χ3n) is 3.32. The molecule has 2 rings (SSSR count). The highest BCUT2D eigenvalue weighted by Gasteiger charge is 2.31. The van der Waals surface area contributed by atoms with Gasteiger partial charge >= 0.3 is 6.09 Å². The van der Waals surface area contributed by atoms with Gasteiger partial charge in [-0.15, -0.1) is 0 Å². The van der Waals surface area contributed by atoms with Gasteiger partial charge in [0.05, 0.1) is 6.04 Å². The molecule has 1 saturated heterocycles. The fraction of sp³-hybridized carbons (Fsp3) is 0.562. The Morgan fingerprint density at radius 1 is 1.38 bits per heavy atom.